The second-order valence-electron chi connectivity index (χ2n) is 9.70. The Morgan fingerprint density at radius 1 is 0.791 bits per heavy atom. The number of aromatic hydroxyl groups is 2. The minimum absolute atomic E-state index is 0.0593. The van der Waals surface area contributed by atoms with Crippen molar-refractivity contribution in [1.29, 1.82) is 0 Å². The lowest BCUT2D eigenvalue weighted by atomic mass is 9.82. The van der Waals surface area contributed by atoms with Crippen LogP contribution in [-0.4, -0.2) is 69.3 Å². The van der Waals surface area contributed by atoms with Crippen molar-refractivity contribution in [3.8, 4) is 11.8 Å². The van der Waals surface area contributed by atoms with Crippen LogP contribution < -0.4 is 15.5 Å². The molecule has 0 spiro atoms. The fourth-order valence-electron chi connectivity index (χ4n) is 4.63. The summed E-state index contributed by atoms with van der Waals surface area (Å²) in [5.41, 5.74) is -0.0254. The number of carbonyl (C=O) groups excluding carboxylic acids is 5. The van der Waals surface area contributed by atoms with Gasteiger partial charge in [-0.25, -0.2) is 9.59 Å². The summed E-state index contributed by atoms with van der Waals surface area (Å²) < 4.78 is 5.50. The number of imide groups is 1. The van der Waals surface area contributed by atoms with Crippen molar-refractivity contribution in [2.75, 3.05) is 19.7 Å². The number of unbranched alkanes of at least 4 members (excludes halogenated alkanes) is 1. The molecule has 1 saturated heterocycles. The van der Waals surface area contributed by atoms with Crippen LogP contribution in [0.3, 0.4) is 0 Å². The summed E-state index contributed by atoms with van der Waals surface area (Å²) in [4.78, 5) is 68.3. The Morgan fingerprint density at radius 2 is 1.37 bits per heavy atom. The highest BCUT2D eigenvalue weighted by molar-refractivity contribution is 6.09. The van der Waals surface area contributed by atoms with Gasteiger partial charge in [0.1, 0.15) is 6.61 Å². The molecule has 0 bridgehead atoms. The van der Waals surface area contributed by atoms with E-state index in [-0.39, 0.29) is 50.8 Å². The molecule has 0 atom stereocenters. The maximum atomic E-state index is 13.7. The highest BCUT2D eigenvalue weighted by Gasteiger charge is 2.53. The van der Waals surface area contributed by atoms with E-state index in [1.807, 2.05) is 36.4 Å². The number of amides is 4. The van der Waals surface area contributed by atoms with Gasteiger partial charge in [-0.05, 0) is 24.0 Å². The number of hydrogen-bond donors (Lipinski definition) is 4. The maximum absolute atomic E-state index is 13.7. The Balaban J connectivity index is 1.15. The van der Waals surface area contributed by atoms with Gasteiger partial charge >= 0.3 is 18.0 Å². The average Bonchev–Trinajstić information content (AvgIpc) is 3.47. The molecular formula is C30H32N4O9. The van der Waals surface area contributed by atoms with Gasteiger partial charge in [-0.1, -0.05) is 60.7 Å². The third-order valence-electron chi connectivity index (χ3n) is 6.77. The van der Waals surface area contributed by atoms with Crippen LogP contribution in [0.25, 0.3) is 0 Å². The summed E-state index contributed by atoms with van der Waals surface area (Å²) in [6, 6.07) is 19.9. The van der Waals surface area contributed by atoms with Gasteiger partial charge in [0.25, 0.3) is 5.91 Å². The second kappa shape index (κ2) is 14.0. The Kier molecular flexibility index (Phi) is 9.99. The lowest BCUT2D eigenvalue weighted by molar-refractivity contribution is -0.151. The molecule has 0 unspecified atom stereocenters. The van der Waals surface area contributed by atoms with Crippen LogP contribution in [0.15, 0.2) is 72.8 Å². The van der Waals surface area contributed by atoms with Crippen molar-refractivity contribution in [2.45, 2.75) is 37.6 Å². The molecule has 2 heterocycles. The van der Waals surface area contributed by atoms with Crippen LogP contribution in [0.1, 0.15) is 43.2 Å². The summed E-state index contributed by atoms with van der Waals surface area (Å²) in [7, 11) is 0. The van der Waals surface area contributed by atoms with E-state index in [1.165, 1.54) is 4.90 Å². The van der Waals surface area contributed by atoms with Crippen molar-refractivity contribution in [3.63, 3.8) is 0 Å². The smallest absolute Gasteiger partial charge is 0.333 e. The fourth-order valence-corrected chi connectivity index (χ4v) is 4.63. The summed E-state index contributed by atoms with van der Waals surface area (Å²) >= 11 is 0. The average molecular weight is 593 g/mol. The van der Waals surface area contributed by atoms with Crippen LogP contribution >= 0.6 is 0 Å². The fraction of sp³-hybridized carbons (Fsp3) is 0.300. The number of nitrogens with zero attached hydrogens (tertiary/aromatic N) is 2. The zero-order valence-electron chi connectivity index (χ0n) is 23.2. The molecule has 226 valence electrons. The number of benzene rings is 2. The normalized spacial score (nSPS) is 13.8. The van der Waals surface area contributed by atoms with Gasteiger partial charge in [0.05, 0.1) is 19.4 Å². The molecule has 2 aromatic carbocycles. The highest BCUT2D eigenvalue weighted by atomic mass is 16.7. The number of esters is 1. The van der Waals surface area contributed by atoms with Crippen molar-refractivity contribution in [3.05, 3.63) is 83.9 Å². The minimum atomic E-state index is -1.33. The molecule has 1 aromatic heterocycles. The third-order valence-corrected chi connectivity index (χ3v) is 6.77. The van der Waals surface area contributed by atoms with E-state index in [0.29, 0.717) is 28.7 Å². The lowest BCUT2D eigenvalue weighted by Gasteiger charge is -2.28. The first-order chi connectivity index (χ1) is 20.7. The van der Waals surface area contributed by atoms with Gasteiger partial charge in [-0.3, -0.25) is 19.3 Å². The number of hydrogen-bond acceptors (Lipinski definition) is 9. The molecule has 43 heavy (non-hydrogen) atoms. The van der Waals surface area contributed by atoms with Crippen LogP contribution in [0.5, 0.6) is 11.8 Å². The van der Waals surface area contributed by atoms with Crippen LogP contribution in [0.4, 0.5) is 4.79 Å². The van der Waals surface area contributed by atoms with E-state index >= 15 is 0 Å². The largest absolute Gasteiger partial charge is 0.492 e. The van der Waals surface area contributed by atoms with Crippen LogP contribution in [-0.2, 0) is 29.5 Å². The van der Waals surface area contributed by atoms with Crippen molar-refractivity contribution in [2.24, 2.45) is 0 Å². The van der Waals surface area contributed by atoms with Crippen molar-refractivity contribution < 1.29 is 43.8 Å². The molecule has 0 saturated carbocycles. The summed E-state index contributed by atoms with van der Waals surface area (Å²) in [6.07, 6.45) is 0.327. The van der Waals surface area contributed by atoms with Gasteiger partial charge in [0, 0.05) is 25.1 Å². The first kappa shape index (κ1) is 30.6. The van der Waals surface area contributed by atoms with E-state index in [9.17, 15) is 34.2 Å². The zero-order chi connectivity index (χ0) is 30.8. The number of carbonyl (C=O) groups is 5. The first-order valence-corrected chi connectivity index (χ1v) is 13.7. The Morgan fingerprint density at radius 3 is 1.98 bits per heavy atom. The number of urea groups is 1. The Labute approximate surface area is 247 Å². The number of ether oxygens (including phenoxy) is 1. The monoisotopic (exact) mass is 592 g/mol. The molecule has 0 aliphatic carbocycles. The van der Waals surface area contributed by atoms with E-state index in [2.05, 4.69) is 10.6 Å². The Hall–Kier alpha value is -5.33. The molecular weight excluding hydrogens is 560 g/mol. The van der Waals surface area contributed by atoms with Gasteiger partial charge in [0.15, 0.2) is 5.54 Å². The summed E-state index contributed by atoms with van der Waals surface area (Å²) in [5, 5.41) is 24.4. The molecule has 4 N–H and O–H groups in total. The molecule has 1 fully saturated rings. The molecule has 13 nitrogen and oxygen atoms in total. The van der Waals surface area contributed by atoms with Gasteiger partial charge in [-0.2, -0.15) is 0 Å². The summed E-state index contributed by atoms with van der Waals surface area (Å²) in [5.74, 6) is -3.19. The topological polar surface area (TPSA) is 176 Å². The third kappa shape index (κ3) is 7.31. The standard InChI is InChI=1S/C30H32N4O9/c35-23(31-18-20-42-26(38)16-17-27(39)43-34-24(36)14-15-25(34)37)13-7-8-19-33-28(40)30(32-29(33)41,21-9-3-1-4-10-21)22-11-5-2-6-12-22/h1-6,9-12,14-15,36-37H,7-8,13,16-20H2,(H,31,35)(H,32,41). The summed E-state index contributed by atoms with van der Waals surface area (Å²) in [6.45, 7) is 0.0924. The van der Waals surface area contributed by atoms with E-state index in [0.717, 1.165) is 12.1 Å². The number of rotatable bonds is 14. The van der Waals surface area contributed by atoms with E-state index in [1.54, 1.807) is 24.3 Å². The molecule has 4 amide bonds. The molecule has 13 heteroatoms. The molecule has 3 aromatic rings. The highest BCUT2D eigenvalue weighted by Crippen LogP contribution is 2.36. The quantitative estimate of drug-likeness (QED) is 0.124. The first-order valence-electron chi connectivity index (χ1n) is 13.7. The molecule has 0 radical (unpaired) electrons. The SMILES string of the molecule is O=C(CCCCN1C(=O)NC(c2ccccc2)(c2ccccc2)C1=O)NCCOC(=O)CCC(=O)On1c(O)ccc1O. The lowest BCUT2D eigenvalue weighted by Crippen LogP contribution is -2.45. The van der Waals surface area contributed by atoms with Crippen LogP contribution in [0.2, 0.25) is 0 Å². The van der Waals surface area contributed by atoms with Crippen LogP contribution in [0, 0.1) is 0 Å². The van der Waals surface area contributed by atoms with Gasteiger partial charge in [0.2, 0.25) is 17.7 Å². The van der Waals surface area contributed by atoms with Gasteiger partial charge < -0.3 is 30.4 Å². The molecule has 1 aliphatic rings. The van der Waals surface area contributed by atoms with E-state index < -0.39 is 35.3 Å². The maximum Gasteiger partial charge on any atom is 0.333 e. The minimum Gasteiger partial charge on any atom is -0.492 e. The van der Waals surface area contributed by atoms with Crippen molar-refractivity contribution in [1.82, 2.24) is 20.3 Å². The second-order valence-corrected chi connectivity index (χ2v) is 9.70. The number of nitrogens with one attached hydrogen (secondary N) is 2. The predicted molar refractivity (Wildman–Crippen MR) is 150 cm³/mol. The van der Waals surface area contributed by atoms with Crippen molar-refractivity contribution >= 4 is 29.8 Å². The molecule has 4 rings (SSSR count). The number of aromatic nitrogens is 1. The van der Waals surface area contributed by atoms with E-state index in [4.69, 9.17) is 9.57 Å². The predicted octanol–water partition coefficient (Wildman–Crippen LogP) is 1.96. The Bertz CT molecular complexity index is 1400. The van der Waals surface area contributed by atoms with Gasteiger partial charge in [-0.15, -0.1) is 4.73 Å². The molecule has 1 aliphatic heterocycles. The zero-order valence-corrected chi connectivity index (χ0v) is 23.2.